The van der Waals surface area contributed by atoms with Gasteiger partial charge in [-0.15, -0.1) is 0 Å². The summed E-state index contributed by atoms with van der Waals surface area (Å²) in [5, 5.41) is 11.6. The van der Waals surface area contributed by atoms with Crippen LogP contribution in [0.3, 0.4) is 0 Å². The van der Waals surface area contributed by atoms with Crippen LogP contribution < -0.4 is 44.5 Å². The van der Waals surface area contributed by atoms with Gasteiger partial charge < -0.3 is 28.4 Å². The summed E-state index contributed by atoms with van der Waals surface area (Å²) in [5.74, 6) is -2.09. The number of benzene rings is 7. The van der Waals surface area contributed by atoms with Crippen LogP contribution in [-0.2, 0) is 13.9 Å². The lowest BCUT2D eigenvalue weighted by molar-refractivity contribution is -0.131. The average Bonchev–Trinajstić information content (AvgIpc) is 3.25. The van der Waals surface area contributed by atoms with Crippen LogP contribution in [-0.4, -0.2) is 23.0 Å². The molecular formula is C46H30O11P2. The first-order valence-electron chi connectivity index (χ1n) is 18.2. The molecule has 0 radical (unpaired) electrons. The molecule has 0 saturated heterocycles. The molecule has 0 saturated carbocycles. The van der Waals surface area contributed by atoms with E-state index in [0.29, 0.717) is 33.2 Å². The summed E-state index contributed by atoms with van der Waals surface area (Å²) in [4.78, 5) is 39.3. The van der Waals surface area contributed by atoms with Gasteiger partial charge >= 0.3 is 32.6 Å². The molecule has 2 atom stereocenters. The van der Waals surface area contributed by atoms with Gasteiger partial charge in [0.2, 0.25) is 0 Å². The SMILES string of the molecule is CC(=O)Oc1ccc(OC(=O)c2cccc(C(=O)Oc3ccc(O)c(P4(=O)Oc5ccccc5-c5ccccc54)c3)c2)c(P2(=O)Oc3ccccc3-c3ccccc32)c1. The second-order valence-electron chi connectivity index (χ2n) is 13.5. The molecule has 2 aliphatic rings. The minimum Gasteiger partial charge on any atom is -0.507 e. The summed E-state index contributed by atoms with van der Waals surface area (Å²) in [7, 11) is -8.00. The van der Waals surface area contributed by atoms with Gasteiger partial charge in [0.15, 0.2) is 0 Å². The zero-order valence-electron chi connectivity index (χ0n) is 30.9. The van der Waals surface area contributed by atoms with Crippen molar-refractivity contribution >= 4 is 53.9 Å². The third-order valence-corrected chi connectivity index (χ3v) is 14.7. The summed E-state index contributed by atoms with van der Waals surface area (Å²) in [6.45, 7) is 1.22. The number of carbonyl (C=O) groups is 3. The standard InChI is InChI=1S/C46H30O11P2/c1-28(47)53-31-22-24-40(44(27-31)59(52)42-20-9-5-16-36(42)34-14-3-7-18-39(34)57-59)55-46(50)30-12-10-11-29(25-30)45(49)54-32-21-23-37(48)43(26-32)58(51)41-19-8-4-15-35(41)33-13-2-6-17-38(33)56-58/h2-27,48H,1H3. The predicted octanol–water partition coefficient (Wildman–Crippen LogP) is 8.33. The van der Waals surface area contributed by atoms with Crippen molar-refractivity contribution in [2.24, 2.45) is 0 Å². The van der Waals surface area contributed by atoms with E-state index in [-0.39, 0.29) is 44.7 Å². The van der Waals surface area contributed by atoms with Crippen molar-refractivity contribution in [1.82, 2.24) is 0 Å². The van der Waals surface area contributed by atoms with Gasteiger partial charge in [-0.05, 0) is 90.0 Å². The molecule has 2 aliphatic heterocycles. The van der Waals surface area contributed by atoms with Gasteiger partial charge in [0.1, 0.15) is 34.5 Å². The van der Waals surface area contributed by atoms with Gasteiger partial charge in [0, 0.05) is 18.1 Å². The van der Waals surface area contributed by atoms with Crippen molar-refractivity contribution in [3.63, 3.8) is 0 Å². The fourth-order valence-corrected chi connectivity index (χ4v) is 11.9. The first-order chi connectivity index (χ1) is 28.5. The molecule has 2 unspecified atom stereocenters. The number of hydrogen-bond donors (Lipinski definition) is 1. The molecule has 59 heavy (non-hydrogen) atoms. The van der Waals surface area contributed by atoms with E-state index in [2.05, 4.69) is 0 Å². The lowest BCUT2D eigenvalue weighted by Crippen LogP contribution is -2.27. The van der Waals surface area contributed by atoms with Crippen LogP contribution in [0, 0.1) is 0 Å². The first kappa shape index (κ1) is 37.4. The normalized spacial score (nSPS) is 17.0. The quantitative estimate of drug-likeness (QED) is 0.0939. The second-order valence-corrected chi connectivity index (χ2v) is 18.0. The molecule has 7 aromatic carbocycles. The van der Waals surface area contributed by atoms with E-state index in [1.165, 1.54) is 67.6 Å². The Bertz CT molecular complexity index is 2990. The van der Waals surface area contributed by atoms with Crippen LogP contribution in [0.5, 0.6) is 34.5 Å². The highest BCUT2D eigenvalue weighted by Crippen LogP contribution is 2.57. The Balaban J connectivity index is 1.01. The lowest BCUT2D eigenvalue weighted by Gasteiger charge is -2.29. The number of fused-ring (bicyclic) bond motifs is 6. The van der Waals surface area contributed by atoms with Crippen molar-refractivity contribution in [1.29, 1.82) is 0 Å². The molecule has 0 fully saturated rings. The van der Waals surface area contributed by atoms with Gasteiger partial charge in [-0.2, -0.15) is 0 Å². The molecule has 11 nitrogen and oxygen atoms in total. The highest BCUT2D eigenvalue weighted by atomic mass is 31.2. The number of carbonyl (C=O) groups excluding carboxylic acids is 3. The zero-order chi connectivity index (χ0) is 40.9. The summed E-state index contributed by atoms with van der Waals surface area (Å²) in [5.41, 5.74) is 2.73. The molecule has 0 aliphatic carbocycles. The Kier molecular flexibility index (Phi) is 9.27. The Morgan fingerprint density at radius 3 is 1.54 bits per heavy atom. The van der Waals surface area contributed by atoms with Gasteiger partial charge in [-0.25, -0.2) is 9.59 Å². The number of esters is 3. The molecule has 290 valence electrons. The molecule has 0 bridgehead atoms. The van der Waals surface area contributed by atoms with E-state index in [0.717, 1.165) is 11.1 Å². The van der Waals surface area contributed by atoms with E-state index < -0.39 is 32.6 Å². The van der Waals surface area contributed by atoms with Crippen LogP contribution in [0.1, 0.15) is 27.6 Å². The summed E-state index contributed by atoms with van der Waals surface area (Å²) < 4.78 is 59.1. The van der Waals surface area contributed by atoms with Crippen molar-refractivity contribution in [3.05, 3.63) is 169 Å². The van der Waals surface area contributed by atoms with Gasteiger partial charge in [0.05, 0.1) is 32.3 Å². The van der Waals surface area contributed by atoms with Gasteiger partial charge in [-0.1, -0.05) is 78.9 Å². The van der Waals surface area contributed by atoms with Gasteiger partial charge in [-0.3, -0.25) is 13.9 Å². The molecule has 13 heteroatoms. The number of aromatic hydroxyl groups is 1. The van der Waals surface area contributed by atoms with Crippen LogP contribution in [0.4, 0.5) is 0 Å². The number of phenolic OH excluding ortho intramolecular Hbond substituents is 1. The number of phenols is 1. The van der Waals surface area contributed by atoms with E-state index >= 15 is 4.57 Å². The van der Waals surface area contributed by atoms with E-state index in [1.54, 1.807) is 48.5 Å². The number of para-hydroxylation sites is 2. The minimum absolute atomic E-state index is 0.0303. The first-order valence-corrected chi connectivity index (χ1v) is 21.4. The second kappa shape index (κ2) is 14.6. The lowest BCUT2D eigenvalue weighted by atomic mass is 10.0. The summed E-state index contributed by atoms with van der Waals surface area (Å²) >= 11 is 0. The topological polar surface area (TPSA) is 152 Å². The van der Waals surface area contributed by atoms with Crippen molar-refractivity contribution in [2.75, 3.05) is 0 Å². The maximum Gasteiger partial charge on any atom is 0.343 e. The summed E-state index contributed by atoms with van der Waals surface area (Å²) in [6, 6.07) is 41.9. The Morgan fingerprint density at radius 1 is 0.475 bits per heavy atom. The van der Waals surface area contributed by atoms with Gasteiger partial charge in [0.25, 0.3) is 0 Å². The highest BCUT2D eigenvalue weighted by Gasteiger charge is 2.42. The monoisotopic (exact) mass is 820 g/mol. The molecule has 7 aromatic rings. The third kappa shape index (κ3) is 6.66. The Labute approximate surface area is 337 Å². The number of ether oxygens (including phenoxy) is 3. The third-order valence-electron chi connectivity index (χ3n) is 9.77. The molecular weight excluding hydrogens is 790 g/mol. The molecule has 0 amide bonds. The highest BCUT2D eigenvalue weighted by molar-refractivity contribution is 7.75. The Morgan fingerprint density at radius 2 is 0.949 bits per heavy atom. The average molecular weight is 821 g/mol. The molecule has 1 N–H and O–H groups in total. The number of rotatable bonds is 7. The molecule has 2 heterocycles. The molecule has 9 rings (SSSR count). The van der Waals surface area contributed by atoms with Crippen molar-refractivity contribution in [2.45, 2.75) is 6.92 Å². The van der Waals surface area contributed by atoms with Crippen molar-refractivity contribution in [3.8, 4) is 56.8 Å². The van der Waals surface area contributed by atoms with Crippen LogP contribution in [0.2, 0.25) is 0 Å². The van der Waals surface area contributed by atoms with E-state index in [4.69, 9.17) is 23.3 Å². The maximum absolute atomic E-state index is 15.1. The maximum atomic E-state index is 15.1. The smallest absolute Gasteiger partial charge is 0.343 e. The largest absolute Gasteiger partial charge is 0.507 e. The zero-order valence-corrected chi connectivity index (χ0v) is 32.7. The fraction of sp³-hybridized carbons (Fsp3) is 0.0217. The van der Waals surface area contributed by atoms with Crippen LogP contribution >= 0.6 is 14.7 Å². The molecule has 0 spiro atoms. The predicted molar refractivity (Wildman–Crippen MR) is 221 cm³/mol. The number of hydrogen-bond acceptors (Lipinski definition) is 11. The minimum atomic E-state index is -4.05. The van der Waals surface area contributed by atoms with Crippen LogP contribution in [0.25, 0.3) is 22.3 Å². The molecule has 0 aromatic heterocycles. The summed E-state index contributed by atoms with van der Waals surface area (Å²) in [6.07, 6.45) is 0. The van der Waals surface area contributed by atoms with E-state index in [9.17, 15) is 24.1 Å². The fourth-order valence-electron chi connectivity index (χ4n) is 7.13. The van der Waals surface area contributed by atoms with Crippen molar-refractivity contribution < 1.29 is 51.9 Å². The Hall–Kier alpha value is -7.19. The van der Waals surface area contributed by atoms with E-state index in [1.807, 2.05) is 48.5 Å². The van der Waals surface area contributed by atoms with Crippen LogP contribution in [0.15, 0.2) is 158 Å².